The summed E-state index contributed by atoms with van der Waals surface area (Å²) < 4.78 is 19.6. The molecule has 0 saturated heterocycles. The largest absolute Gasteiger partial charge is 0.467 e. The lowest BCUT2D eigenvalue weighted by atomic mass is 10.2. The zero-order valence-corrected chi connectivity index (χ0v) is 11.1. The van der Waals surface area contributed by atoms with Crippen molar-refractivity contribution in [3.05, 3.63) is 35.8 Å². The molecule has 0 spiro atoms. The molecule has 2 aromatic rings. The number of halogens is 1. The molecule has 0 aliphatic rings. The number of carbonyl (C=O) groups excluding carboxylic acids is 1. The zero-order chi connectivity index (χ0) is 14.2. The highest BCUT2D eigenvalue weighted by atomic mass is 19.1. The number of carbonyl (C=O) groups is 1. The first-order valence-electron chi connectivity index (χ1n) is 6.02. The van der Waals surface area contributed by atoms with Crippen LogP contribution in [0.3, 0.4) is 0 Å². The number of hydrogen-bond acceptors (Lipinski definition) is 3. The van der Waals surface area contributed by atoms with Crippen molar-refractivity contribution in [3.8, 4) is 0 Å². The van der Waals surface area contributed by atoms with Gasteiger partial charge in [-0.3, -0.25) is 0 Å². The van der Waals surface area contributed by atoms with Crippen molar-refractivity contribution in [2.75, 3.05) is 7.11 Å². The second kappa shape index (κ2) is 5.01. The van der Waals surface area contributed by atoms with E-state index in [0.717, 1.165) is 5.52 Å². The third-order valence-electron chi connectivity index (χ3n) is 3.05. The van der Waals surface area contributed by atoms with Gasteiger partial charge in [0, 0.05) is 16.9 Å². The van der Waals surface area contributed by atoms with E-state index in [1.807, 2.05) is 13.8 Å². The fraction of sp³-hybridized carbons (Fsp3) is 0.357. The molecule has 0 aliphatic carbocycles. The third kappa shape index (κ3) is 2.33. The Kier molecular flexibility index (Phi) is 3.57. The number of methoxy groups -OCH3 is 1. The van der Waals surface area contributed by atoms with Crippen LogP contribution in [-0.4, -0.2) is 22.8 Å². The highest BCUT2D eigenvalue weighted by molar-refractivity contribution is 5.84. The van der Waals surface area contributed by atoms with Crippen LogP contribution in [0.4, 0.5) is 4.39 Å². The number of aliphatic hydroxyl groups is 1. The van der Waals surface area contributed by atoms with E-state index in [-0.39, 0.29) is 11.9 Å². The van der Waals surface area contributed by atoms with Crippen LogP contribution in [0.1, 0.15) is 31.7 Å². The first-order chi connectivity index (χ1) is 8.95. The van der Waals surface area contributed by atoms with Crippen LogP contribution in [0, 0.1) is 5.82 Å². The Morgan fingerprint density at radius 3 is 2.63 bits per heavy atom. The number of fused-ring (bicyclic) bond motifs is 1. The molecule has 0 aliphatic heterocycles. The number of benzene rings is 1. The number of hydrogen-bond donors (Lipinski definition) is 1. The van der Waals surface area contributed by atoms with E-state index in [1.54, 1.807) is 16.7 Å². The number of nitrogens with zero attached hydrogens (tertiary/aromatic N) is 1. The molecule has 0 bridgehead atoms. The maximum absolute atomic E-state index is 13.2. The lowest BCUT2D eigenvalue weighted by Crippen LogP contribution is -2.18. The highest BCUT2D eigenvalue weighted by Gasteiger charge is 2.24. The number of esters is 1. The van der Waals surface area contributed by atoms with Crippen molar-refractivity contribution in [2.45, 2.75) is 26.0 Å². The van der Waals surface area contributed by atoms with Crippen molar-refractivity contribution < 1.29 is 19.0 Å². The molecule has 0 radical (unpaired) electrons. The molecule has 2 rings (SSSR count). The van der Waals surface area contributed by atoms with Gasteiger partial charge < -0.3 is 14.4 Å². The monoisotopic (exact) mass is 265 g/mol. The first-order valence-corrected chi connectivity index (χ1v) is 6.02. The van der Waals surface area contributed by atoms with E-state index in [9.17, 15) is 14.3 Å². The Balaban J connectivity index is 2.66. The molecule has 5 heteroatoms. The Morgan fingerprint density at radius 2 is 2.05 bits per heavy atom. The maximum Gasteiger partial charge on any atom is 0.340 e. The summed E-state index contributed by atoms with van der Waals surface area (Å²) in [6, 6.07) is 6.01. The highest BCUT2D eigenvalue weighted by Crippen LogP contribution is 2.29. The van der Waals surface area contributed by atoms with Gasteiger partial charge in [-0.2, -0.15) is 0 Å². The van der Waals surface area contributed by atoms with Crippen molar-refractivity contribution in [1.29, 1.82) is 0 Å². The SMILES string of the molecule is COC(=O)C(O)c1cc2cc(F)ccc2n1C(C)C. The average Bonchev–Trinajstić information content (AvgIpc) is 2.75. The molecule has 0 amide bonds. The molecule has 1 N–H and O–H groups in total. The average molecular weight is 265 g/mol. The molecule has 19 heavy (non-hydrogen) atoms. The molecular weight excluding hydrogens is 249 g/mol. The summed E-state index contributed by atoms with van der Waals surface area (Å²) in [7, 11) is 1.22. The molecule has 1 aromatic heterocycles. The van der Waals surface area contributed by atoms with E-state index in [0.29, 0.717) is 11.1 Å². The van der Waals surface area contributed by atoms with E-state index >= 15 is 0 Å². The summed E-state index contributed by atoms with van der Waals surface area (Å²) in [5.74, 6) is -1.09. The minimum absolute atomic E-state index is 0.0252. The molecule has 4 nitrogen and oxygen atoms in total. The maximum atomic E-state index is 13.2. The molecule has 1 unspecified atom stereocenters. The van der Waals surface area contributed by atoms with E-state index in [4.69, 9.17) is 0 Å². The zero-order valence-electron chi connectivity index (χ0n) is 11.1. The summed E-state index contributed by atoms with van der Waals surface area (Å²) >= 11 is 0. The van der Waals surface area contributed by atoms with Crippen LogP contribution in [0.15, 0.2) is 24.3 Å². The predicted octanol–water partition coefficient (Wildman–Crippen LogP) is 2.57. The summed E-state index contributed by atoms with van der Waals surface area (Å²) in [5, 5.41) is 10.6. The van der Waals surface area contributed by atoms with Crippen molar-refractivity contribution in [1.82, 2.24) is 4.57 Å². The van der Waals surface area contributed by atoms with E-state index in [1.165, 1.54) is 19.2 Å². The molecule has 0 fully saturated rings. The van der Waals surface area contributed by atoms with Crippen LogP contribution >= 0.6 is 0 Å². The third-order valence-corrected chi connectivity index (χ3v) is 3.05. The Hall–Kier alpha value is -1.88. The summed E-state index contributed by atoms with van der Waals surface area (Å²) in [5.41, 5.74) is 1.18. The van der Waals surface area contributed by atoms with Crippen LogP contribution < -0.4 is 0 Å². The molecular formula is C14H16FNO3. The summed E-state index contributed by atoms with van der Waals surface area (Å²) in [4.78, 5) is 11.5. The van der Waals surface area contributed by atoms with Gasteiger partial charge in [-0.05, 0) is 38.1 Å². The topological polar surface area (TPSA) is 51.5 Å². The molecule has 1 atom stereocenters. The Morgan fingerprint density at radius 1 is 1.37 bits per heavy atom. The van der Waals surface area contributed by atoms with Gasteiger partial charge in [0.2, 0.25) is 0 Å². The van der Waals surface area contributed by atoms with Gasteiger partial charge >= 0.3 is 5.97 Å². The Bertz CT molecular complexity index is 618. The number of aromatic nitrogens is 1. The number of rotatable bonds is 3. The quantitative estimate of drug-likeness (QED) is 0.868. The van der Waals surface area contributed by atoms with Crippen molar-refractivity contribution >= 4 is 16.9 Å². The molecule has 1 heterocycles. The van der Waals surface area contributed by atoms with E-state index in [2.05, 4.69) is 4.74 Å². The van der Waals surface area contributed by atoms with Gasteiger partial charge in [0.1, 0.15) is 5.82 Å². The summed E-state index contributed by atoms with van der Waals surface area (Å²) in [6.45, 7) is 3.85. The summed E-state index contributed by atoms with van der Waals surface area (Å²) in [6.07, 6.45) is -1.37. The standard InChI is InChI=1S/C14H16FNO3/c1-8(2)16-11-5-4-10(15)6-9(11)7-12(16)13(17)14(18)19-3/h4-8,13,17H,1-3H3. The first kappa shape index (κ1) is 13.5. The van der Waals surface area contributed by atoms with Crippen LogP contribution in [0.25, 0.3) is 10.9 Å². The Labute approximate surface area is 110 Å². The van der Waals surface area contributed by atoms with Crippen molar-refractivity contribution in [3.63, 3.8) is 0 Å². The molecule has 1 aromatic carbocycles. The number of ether oxygens (including phenoxy) is 1. The minimum Gasteiger partial charge on any atom is -0.467 e. The lowest BCUT2D eigenvalue weighted by Gasteiger charge is -2.17. The van der Waals surface area contributed by atoms with Gasteiger partial charge in [0.05, 0.1) is 12.8 Å². The van der Waals surface area contributed by atoms with E-state index < -0.39 is 12.1 Å². The number of aliphatic hydroxyl groups excluding tert-OH is 1. The van der Waals surface area contributed by atoms with Gasteiger partial charge in [-0.15, -0.1) is 0 Å². The minimum atomic E-state index is -1.37. The predicted molar refractivity (Wildman–Crippen MR) is 69.3 cm³/mol. The normalized spacial score (nSPS) is 12.9. The van der Waals surface area contributed by atoms with Crippen LogP contribution in [-0.2, 0) is 9.53 Å². The fourth-order valence-corrected chi connectivity index (χ4v) is 2.25. The molecule has 102 valence electrons. The second-order valence-electron chi connectivity index (χ2n) is 4.66. The van der Waals surface area contributed by atoms with Gasteiger partial charge in [0.15, 0.2) is 6.10 Å². The van der Waals surface area contributed by atoms with Gasteiger partial charge in [0.25, 0.3) is 0 Å². The van der Waals surface area contributed by atoms with Gasteiger partial charge in [-0.25, -0.2) is 9.18 Å². The fourth-order valence-electron chi connectivity index (χ4n) is 2.25. The smallest absolute Gasteiger partial charge is 0.340 e. The van der Waals surface area contributed by atoms with Crippen LogP contribution in [0.5, 0.6) is 0 Å². The second-order valence-corrected chi connectivity index (χ2v) is 4.66. The van der Waals surface area contributed by atoms with Crippen molar-refractivity contribution in [2.24, 2.45) is 0 Å². The lowest BCUT2D eigenvalue weighted by molar-refractivity contribution is -0.151. The van der Waals surface area contributed by atoms with Crippen LogP contribution in [0.2, 0.25) is 0 Å². The van der Waals surface area contributed by atoms with Gasteiger partial charge in [-0.1, -0.05) is 0 Å². The molecule has 0 saturated carbocycles.